The molecule has 0 amide bonds. The fourth-order valence-electron chi connectivity index (χ4n) is 1.65. The van der Waals surface area contributed by atoms with Gasteiger partial charge in [-0.15, -0.1) is 0 Å². The molecular weight excluding hydrogens is 230 g/mol. The molecule has 0 radical (unpaired) electrons. The van der Waals surface area contributed by atoms with Gasteiger partial charge in [-0.1, -0.05) is 42.5 Å². The Hall–Kier alpha value is -1.87. The molecule has 0 unspecified atom stereocenters. The van der Waals surface area contributed by atoms with Crippen molar-refractivity contribution in [3.8, 4) is 16.9 Å². The van der Waals surface area contributed by atoms with Crippen molar-refractivity contribution in [2.45, 2.75) is 0 Å². The molecule has 0 aliphatic heterocycles. The van der Waals surface area contributed by atoms with Crippen LogP contribution in [0.2, 0.25) is 0 Å². The van der Waals surface area contributed by atoms with Gasteiger partial charge in [-0.05, 0) is 29.3 Å². The van der Waals surface area contributed by atoms with E-state index in [4.69, 9.17) is 22.7 Å². The van der Waals surface area contributed by atoms with Gasteiger partial charge in [-0.2, -0.15) is 0 Å². The van der Waals surface area contributed by atoms with E-state index in [0.717, 1.165) is 22.4 Å². The lowest BCUT2D eigenvalue weighted by Gasteiger charge is -2.06. The Kier molecular flexibility index (Phi) is 3.40. The van der Waals surface area contributed by atoms with E-state index < -0.39 is 0 Å². The fourth-order valence-corrected chi connectivity index (χ4v) is 1.78. The van der Waals surface area contributed by atoms with Crippen LogP contribution in [0.15, 0.2) is 48.5 Å². The third kappa shape index (κ3) is 2.63. The Morgan fingerprint density at radius 1 is 1.06 bits per heavy atom. The Morgan fingerprint density at radius 2 is 1.71 bits per heavy atom. The van der Waals surface area contributed by atoms with Crippen LogP contribution in [0.3, 0.4) is 0 Å². The van der Waals surface area contributed by atoms with Gasteiger partial charge in [0.2, 0.25) is 0 Å². The van der Waals surface area contributed by atoms with E-state index in [9.17, 15) is 0 Å². The Labute approximate surface area is 106 Å². The van der Waals surface area contributed by atoms with E-state index in [1.165, 1.54) is 0 Å². The third-order valence-electron chi connectivity index (χ3n) is 2.55. The van der Waals surface area contributed by atoms with Crippen LogP contribution < -0.4 is 10.5 Å². The highest BCUT2D eigenvalue weighted by atomic mass is 32.1. The molecule has 0 heterocycles. The summed E-state index contributed by atoms with van der Waals surface area (Å²) in [4.78, 5) is 0.412. The zero-order chi connectivity index (χ0) is 12.3. The second kappa shape index (κ2) is 4.97. The zero-order valence-electron chi connectivity index (χ0n) is 9.51. The van der Waals surface area contributed by atoms with Gasteiger partial charge in [0.15, 0.2) is 0 Å². The summed E-state index contributed by atoms with van der Waals surface area (Å²) in [6, 6.07) is 15.8. The van der Waals surface area contributed by atoms with Crippen LogP contribution in [-0.4, -0.2) is 12.1 Å². The minimum absolute atomic E-state index is 0.412. The molecule has 0 spiro atoms. The molecule has 86 valence electrons. The van der Waals surface area contributed by atoms with Crippen LogP contribution >= 0.6 is 12.2 Å². The van der Waals surface area contributed by atoms with Gasteiger partial charge in [-0.25, -0.2) is 0 Å². The number of ether oxygens (including phenoxy) is 1. The summed E-state index contributed by atoms with van der Waals surface area (Å²) in [5.41, 5.74) is 8.66. The lowest BCUT2D eigenvalue weighted by Crippen LogP contribution is -2.08. The average molecular weight is 243 g/mol. The van der Waals surface area contributed by atoms with E-state index in [0.29, 0.717) is 4.99 Å². The first-order valence-corrected chi connectivity index (χ1v) is 5.66. The predicted octanol–water partition coefficient (Wildman–Crippen LogP) is 3.00. The summed E-state index contributed by atoms with van der Waals surface area (Å²) in [5.74, 6) is 0.836. The number of hydrogen-bond donors (Lipinski definition) is 1. The summed E-state index contributed by atoms with van der Waals surface area (Å²) < 4.78 is 5.20. The normalized spacial score (nSPS) is 9.94. The number of hydrogen-bond acceptors (Lipinski definition) is 2. The number of rotatable bonds is 3. The number of thiocarbonyl (C=S) groups is 1. The Morgan fingerprint density at radius 3 is 2.35 bits per heavy atom. The van der Waals surface area contributed by atoms with Crippen molar-refractivity contribution in [3.63, 3.8) is 0 Å². The van der Waals surface area contributed by atoms with Gasteiger partial charge in [0.05, 0.1) is 7.11 Å². The molecule has 2 nitrogen and oxygen atoms in total. The molecule has 0 saturated carbocycles. The highest BCUT2D eigenvalue weighted by Crippen LogP contribution is 2.24. The van der Waals surface area contributed by atoms with E-state index in [2.05, 4.69) is 0 Å². The largest absolute Gasteiger partial charge is 0.497 e. The van der Waals surface area contributed by atoms with Crippen LogP contribution in [0, 0.1) is 0 Å². The van der Waals surface area contributed by atoms with Gasteiger partial charge in [-0.3, -0.25) is 0 Å². The second-order valence-corrected chi connectivity index (χ2v) is 4.12. The minimum atomic E-state index is 0.412. The minimum Gasteiger partial charge on any atom is -0.497 e. The quantitative estimate of drug-likeness (QED) is 0.842. The molecule has 2 aromatic carbocycles. The van der Waals surface area contributed by atoms with Gasteiger partial charge in [0.25, 0.3) is 0 Å². The molecule has 3 heteroatoms. The summed E-state index contributed by atoms with van der Waals surface area (Å²) >= 11 is 4.97. The Bertz CT molecular complexity index is 551. The van der Waals surface area contributed by atoms with Crippen LogP contribution in [0.5, 0.6) is 5.75 Å². The maximum Gasteiger partial charge on any atom is 0.119 e. The summed E-state index contributed by atoms with van der Waals surface area (Å²) in [6.45, 7) is 0. The lowest BCUT2D eigenvalue weighted by molar-refractivity contribution is 0.415. The van der Waals surface area contributed by atoms with Gasteiger partial charge in [0.1, 0.15) is 10.7 Å². The van der Waals surface area contributed by atoms with E-state index >= 15 is 0 Å². The monoisotopic (exact) mass is 243 g/mol. The van der Waals surface area contributed by atoms with Crippen LogP contribution in [0.4, 0.5) is 0 Å². The van der Waals surface area contributed by atoms with Crippen LogP contribution in [0.25, 0.3) is 11.1 Å². The lowest BCUT2D eigenvalue weighted by atomic mass is 10.0. The molecule has 0 bridgehead atoms. The molecular formula is C14H13NOS. The SMILES string of the molecule is COc1cccc(-c2cccc(C(N)=S)c2)c1. The fraction of sp³-hybridized carbons (Fsp3) is 0.0714. The molecule has 17 heavy (non-hydrogen) atoms. The summed E-state index contributed by atoms with van der Waals surface area (Å²) in [6.07, 6.45) is 0. The molecule has 0 aliphatic carbocycles. The standard InChI is InChI=1S/C14H13NOS/c1-16-13-7-3-5-11(9-13)10-4-2-6-12(8-10)14(15)17/h2-9H,1H3,(H2,15,17). The number of nitrogens with two attached hydrogens (primary N) is 1. The molecule has 2 N–H and O–H groups in total. The molecule has 0 fully saturated rings. The first-order chi connectivity index (χ1) is 8.20. The highest BCUT2D eigenvalue weighted by molar-refractivity contribution is 7.80. The molecule has 0 aliphatic rings. The molecule has 0 saturated heterocycles. The zero-order valence-corrected chi connectivity index (χ0v) is 10.3. The van der Waals surface area contributed by atoms with Crippen molar-refractivity contribution in [2.24, 2.45) is 5.73 Å². The van der Waals surface area contributed by atoms with Crippen molar-refractivity contribution in [3.05, 3.63) is 54.1 Å². The average Bonchev–Trinajstić information content (AvgIpc) is 2.39. The third-order valence-corrected chi connectivity index (χ3v) is 2.79. The van der Waals surface area contributed by atoms with E-state index in [-0.39, 0.29) is 0 Å². The second-order valence-electron chi connectivity index (χ2n) is 3.68. The van der Waals surface area contributed by atoms with Crippen molar-refractivity contribution >= 4 is 17.2 Å². The number of benzene rings is 2. The maximum absolute atomic E-state index is 5.62. The predicted molar refractivity (Wildman–Crippen MR) is 74.3 cm³/mol. The van der Waals surface area contributed by atoms with Gasteiger partial charge < -0.3 is 10.5 Å². The van der Waals surface area contributed by atoms with Crippen molar-refractivity contribution in [1.82, 2.24) is 0 Å². The number of methoxy groups -OCH3 is 1. The first-order valence-electron chi connectivity index (χ1n) is 5.25. The van der Waals surface area contributed by atoms with E-state index in [1.807, 2.05) is 48.5 Å². The molecule has 2 aromatic rings. The van der Waals surface area contributed by atoms with Crippen molar-refractivity contribution < 1.29 is 4.74 Å². The van der Waals surface area contributed by atoms with Gasteiger partial charge >= 0.3 is 0 Å². The van der Waals surface area contributed by atoms with Crippen LogP contribution in [0.1, 0.15) is 5.56 Å². The van der Waals surface area contributed by atoms with Crippen molar-refractivity contribution in [2.75, 3.05) is 7.11 Å². The molecule has 2 rings (SSSR count). The topological polar surface area (TPSA) is 35.2 Å². The Balaban J connectivity index is 2.45. The molecule has 0 aromatic heterocycles. The molecule has 0 atom stereocenters. The smallest absolute Gasteiger partial charge is 0.119 e. The maximum atomic E-state index is 5.62. The summed E-state index contributed by atoms with van der Waals surface area (Å²) in [7, 11) is 1.66. The first kappa shape index (κ1) is 11.6. The van der Waals surface area contributed by atoms with Crippen LogP contribution in [-0.2, 0) is 0 Å². The van der Waals surface area contributed by atoms with Crippen molar-refractivity contribution in [1.29, 1.82) is 0 Å². The highest BCUT2D eigenvalue weighted by Gasteiger charge is 2.02. The van der Waals surface area contributed by atoms with Gasteiger partial charge in [0, 0.05) is 5.56 Å². The summed E-state index contributed by atoms with van der Waals surface area (Å²) in [5, 5.41) is 0. The van der Waals surface area contributed by atoms with E-state index in [1.54, 1.807) is 7.11 Å².